The van der Waals surface area contributed by atoms with Crippen LogP contribution in [0, 0.1) is 19.8 Å². The van der Waals surface area contributed by atoms with Gasteiger partial charge in [-0.25, -0.2) is 0 Å². The lowest BCUT2D eigenvalue weighted by Crippen LogP contribution is -2.39. The maximum atomic E-state index is 13.1. The fourth-order valence-electron chi connectivity index (χ4n) is 3.56. The number of aryl methyl sites for hydroxylation is 3. The quantitative estimate of drug-likeness (QED) is 0.829. The van der Waals surface area contributed by atoms with Gasteiger partial charge in [0.15, 0.2) is 5.82 Å². The van der Waals surface area contributed by atoms with Crippen LogP contribution in [0.25, 0.3) is 0 Å². The zero-order valence-electron chi connectivity index (χ0n) is 16.3. The van der Waals surface area contributed by atoms with Gasteiger partial charge in [0.1, 0.15) is 11.7 Å². The molecule has 3 rings (SSSR count). The Bertz CT molecular complexity index is 766. The van der Waals surface area contributed by atoms with E-state index in [1.54, 1.807) is 4.68 Å². The second kappa shape index (κ2) is 7.57. The van der Waals surface area contributed by atoms with Crippen LogP contribution in [0.2, 0.25) is 0 Å². The number of nitrogens with zero attached hydrogens (tertiary/aromatic N) is 6. The first kappa shape index (κ1) is 18.6. The molecule has 0 aromatic carbocycles. The summed E-state index contributed by atoms with van der Waals surface area (Å²) >= 11 is 0. The van der Waals surface area contributed by atoms with E-state index in [-0.39, 0.29) is 11.9 Å². The summed E-state index contributed by atoms with van der Waals surface area (Å²) in [5.74, 6) is 1.72. The largest absolute Gasteiger partial charge is 0.338 e. The summed E-state index contributed by atoms with van der Waals surface area (Å²) in [5.41, 5.74) is 1.46. The number of hydrogen-bond donors (Lipinski definition) is 0. The molecule has 0 bridgehead atoms. The third-order valence-corrected chi connectivity index (χ3v) is 4.64. The molecule has 142 valence electrons. The van der Waals surface area contributed by atoms with E-state index in [0.29, 0.717) is 36.4 Å². The Kier molecular flexibility index (Phi) is 5.41. The van der Waals surface area contributed by atoms with Gasteiger partial charge in [0.25, 0.3) is 5.91 Å². The van der Waals surface area contributed by atoms with E-state index in [1.165, 1.54) is 0 Å². The average Bonchev–Trinajstić information content (AvgIpc) is 3.06. The molecule has 26 heavy (non-hydrogen) atoms. The number of carbonyl (C=O) groups is 1. The highest BCUT2D eigenvalue weighted by atomic mass is 16.5. The lowest BCUT2D eigenvalue weighted by molar-refractivity contribution is 0.0698. The molecule has 3 heterocycles. The first-order valence-corrected chi connectivity index (χ1v) is 9.19. The van der Waals surface area contributed by atoms with Gasteiger partial charge in [-0.1, -0.05) is 19.0 Å². The Balaban J connectivity index is 1.87. The number of hydrogen-bond acceptors (Lipinski definition) is 6. The van der Waals surface area contributed by atoms with Crippen molar-refractivity contribution in [3.63, 3.8) is 0 Å². The number of aromatic nitrogens is 4. The zero-order chi connectivity index (χ0) is 18.8. The fraction of sp³-hybridized carbons (Fsp3) is 0.667. The summed E-state index contributed by atoms with van der Waals surface area (Å²) in [4.78, 5) is 21.8. The molecule has 0 N–H and O–H groups in total. The van der Waals surface area contributed by atoms with Crippen molar-refractivity contribution in [1.29, 1.82) is 0 Å². The molecular weight excluding hydrogens is 332 g/mol. The van der Waals surface area contributed by atoms with Crippen LogP contribution < -0.4 is 0 Å². The normalized spacial score (nSPS) is 19.2. The molecule has 1 amide bonds. The van der Waals surface area contributed by atoms with Crippen molar-refractivity contribution in [3.8, 4) is 0 Å². The zero-order valence-corrected chi connectivity index (χ0v) is 16.3. The van der Waals surface area contributed by atoms with Gasteiger partial charge in [-0.2, -0.15) is 10.1 Å². The third kappa shape index (κ3) is 3.95. The fourth-order valence-corrected chi connectivity index (χ4v) is 3.56. The second-order valence-electron chi connectivity index (χ2n) is 7.48. The molecule has 1 aliphatic heterocycles. The van der Waals surface area contributed by atoms with Crippen molar-refractivity contribution in [2.45, 2.75) is 40.2 Å². The smallest absolute Gasteiger partial charge is 0.272 e. The number of amides is 1. The van der Waals surface area contributed by atoms with Gasteiger partial charge in [-0.15, -0.1) is 0 Å². The SMILES string of the molecule is Cc1cc(C(=O)N2CCCN(CC(C)C)C(c3nc(C)no3)C2)n(C)n1. The average molecular weight is 360 g/mol. The Morgan fingerprint density at radius 1 is 1.35 bits per heavy atom. The van der Waals surface area contributed by atoms with Crippen LogP contribution in [0.4, 0.5) is 0 Å². The molecule has 1 aliphatic rings. The van der Waals surface area contributed by atoms with E-state index in [4.69, 9.17) is 4.52 Å². The van der Waals surface area contributed by atoms with Crippen molar-refractivity contribution >= 4 is 5.91 Å². The van der Waals surface area contributed by atoms with Crippen molar-refractivity contribution in [2.24, 2.45) is 13.0 Å². The van der Waals surface area contributed by atoms with Gasteiger partial charge in [-0.05, 0) is 32.3 Å². The maximum absolute atomic E-state index is 13.1. The Labute approximate surface area is 154 Å². The van der Waals surface area contributed by atoms with Crippen LogP contribution in [0.5, 0.6) is 0 Å². The number of rotatable bonds is 4. The van der Waals surface area contributed by atoms with E-state index in [9.17, 15) is 4.79 Å². The van der Waals surface area contributed by atoms with Crippen molar-refractivity contribution in [2.75, 3.05) is 26.2 Å². The monoisotopic (exact) mass is 360 g/mol. The minimum Gasteiger partial charge on any atom is -0.338 e. The van der Waals surface area contributed by atoms with Crippen molar-refractivity contribution in [3.05, 3.63) is 29.2 Å². The van der Waals surface area contributed by atoms with Crippen LogP contribution in [-0.2, 0) is 7.05 Å². The van der Waals surface area contributed by atoms with Gasteiger partial charge in [0, 0.05) is 33.2 Å². The van der Waals surface area contributed by atoms with Gasteiger partial charge < -0.3 is 9.42 Å². The predicted molar refractivity (Wildman–Crippen MR) is 96.7 cm³/mol. The summed E-state index contributed by atoms with van der Waals surface area (Å²) in [6.07, 6.45) is 0.916. The summed E-state index contributed by atoms with van der Waals surface area (Å²) in [6, 6.07) is 1.75. The first-order valence-electron chi connectivity index (χ1n) is 9.19. The second-order valence-corrected chi connectivity index (χ2v) is 7.48. The summed E-state index contributed by atoms with van der Waals surface area (Å²) in [7, 11) is 1.81. The summed E-state index contributed by atoms with van der Waals surface area (Å²) in [5, 5.41) is 8.25. The summed E-state index contributed by atoms with van der Waals surface area (Å²) in [6.45, 7) is 11.2. The molecule has 1 unspecified atom stereocenters. The van der Waals surface area contributed by atoms with Crippen LogP contribution in [0.1, 0.15) is 54.2 Å². The third-order valence-electron chi connectivity index (χ3n) is 4.64. The standard InChI is InChI=1S/C18H28N6O2/c1-12(2)10-23-7-6-8-24(11-16(23)17-19-14(4)21-26-17)18(25)15-9-13(3)20-22(15)5/h9,12,16H,6-8,10-11H2,1-5H3. The lowest BCUT2D eigenvalue weighted by atomic mass is 10.1. The van der Waals surface area contributed by atoms with Gasteiger partial charge in [-0.3, -0.25) is 14.4 Å². The molecule has 1 saturated heterocycles. The van der Waals surface area contributed by atoms with Crippen LogP contribution in [-0.4, -0.2) is 61.8 Å². The Hall–Kier alpha value is -2.22. The Morgan fingerprint density at radius 2 is 2.12 bits per heavy atom. The highest BCUT2D eigenvalue weighted by molar-refractivity contribution is 5.92. The molecule has 1 fully saturated rings. The van der Waals surface area contributed by atoms with Crippen LogP contribution in [0.15, 0.2) is 10.6 Å². The van der Waals surface area contributed by atoms with E-state index in [0.717, 1.165) is 25.2 Å². The lowest BCUT2D eigenvalue weighted by Gasteiger charge is -2.30. The Morgan fingerprint density at radius 3 is 2.69 bits per heavy atom. The van der Waals surface area contributed by atoms with Gasteiger partial charge in [0.2, 0.25) is 5.89 Å². The van der Waals surface area contributed by atoms with E-state index < -0.39 is 0 Å². The van der Waals surface area contributed by atoms with Gasteiger partial charge >= 0.3 is 0 Å². The molecule has 8 heteroatoms. The molecule has 8 nitrogen and oxygen atoms in total. The molecule has 0 spiro atoms. The molecule has 2 aromatic heterocycles. The minimum absolute atomic E-state index is 0.000680. The number of carbonyl (C=O) groups excluding carboxylic acids is 1. The van der Waals surface area contributed by atoms with E-state index in [2.05, 4.69) is 34.0 Å². The van der Waals surface area contributed by atoms with Crippen LogP contribution in [0.3, 0.4) is 0 Å². The molecule has 0 aliphatic carbocycles. The predicted octanol–water partition coefficient (Wildman–Crippen LogP) is 1.97. The molecule has 1 atom stereocenters. The van der Waals surface area contributed by atoms with Gasteiger partial charge in [0.05, 0.1) is 5.69 Å². The van der Waals surface area contributed by atoms with E-state index in [1.807, 2.05) is 31.9 Å². The minimum atomic E-state index is -0.0839. The van der Waals surface area contributed by atoms with Crippen molar-refractivity contribution < 1.29 is 9.32 Å². The van der Waals surface area contributed by atoms with Crippen molar-refractivity contribution in [1.82, 2.24) is 29.7 Å². The molecule has 2 aromatic rings. The van der Waals surface area contributed by atoms with Crippen LogP contribution >= 0.6 is 0 Å². The first-order chi connectivity index (χ1) is 12.3. The summed E-state index contributed by atoms with van der Waals surface area (Å²) < 4.78 is 7.13. The van der Waals surface area contributed by atoms with E-state index >= 15 is 0 Å². The molecule has 0 saturated carbocycles. The highest BCUT2D eigenvalue weighted by Gasteiger charge is 2.33. The molecular formula is C18H28N6O2. The topological polar surface area (TPSA) is 80.3 Å². The maximum Gasteiger partial charge on any atom is 0.272 e. The highest BCUT2D eigenvalue weighted by Crippen LogP contribution is 2.26. The molecule has 0 radical (unpaired) electrons.